The standard InChI is InChI=1S/C21H18ClF3N4OS/c22-15-7-8-16(26-10-15)11-29-9-1-2-18(29)17-12-31-20(27-17)28-19(30)13-3-5-14(6-4-13)21(23,24)25/h3-8,10,12,18H,1-2,9,11H2,(H,27,28,30). The molecule has 0 radical (unpaired) electrons. The lowest BCUT2D eigenvalue weighted by Crippen LogP contribution is -2.23. The molecular weight excluding hydrogens is 449 g/mol. The van der Waals surface area contributed by atoms with Crippen LogP contribution in [0.3, 0.4) is 0 Å². The number of benzene rings is 1. The summed E-state index contributed by atoms with van der Waals surface area (Å²) >= 11 is 7.19. The highest BCUT2D eigenvalue weighted by atomic mass is 35.5. The van der Waals surface area contributed by atoms with Crippen LogP contribution in [-0.4, -0.2) is 27.3 Å². The van der Waals surface area contributed by atoms with E-state index in [-0.39, 0.29) is 11.6 Å². The maximum atomic E-state index is 12.7. The number of carbonyl (C=O) groups excluding carboxylic acids is 1. The van der Waals surface area contributed by atoms with Crippen molar-refractivity contribution in [3.05, 3.63) is 75.5 Å². The van der Waals surface area contributed by atoms with Gasteiger partial charge in [-0.15, -0.1) is 11.3 Å². The minimum atomic E-state index is -4.44. The average molecular weight is 467 g/mol. The molecule has 1 unspecified atom stereocenters. The van der Waals surface area contributed by atoms with Gasteiger partial charge < -0.3 is 0 Å². The smallest absolute Gasteiger partial charge is 0.298 e. The van der Waals surface area contributed by atoms with Crippen LogP contribution in [0.15, 0.2) is 48.0 Å². The van der Waals surface area contributed by atoms with E-state index in [0.717, 1.165) is 55.0 Å². The van der Waals surface area contributed by atoms with Crippen LogP contribution >= 0.6 is 22.9 Å². The zero-order chi connectivity index (χ0) is 22.0. The Morgan fingerprint density at radius 2 is 2.00 bits per heavy atom. The number of aromatic nitrogens is 2. The number of halogens is 4. The summed E-state index contributed by atoms with van der Waals surface area (Å²) in [6.07, 6.45) is -0.833. The van der Waals surface area contributed by atoms with Crippen molar-refractivity contribution in [2.75, 3.05) is 11.9 Å². The number of alkyl halides is 3. The summed E-state index contributed by atoms with van der Waals surface area (Å²) in [6.45, 7) is 1.59. The maximum absolute atomic E-state index is 12.7. The highest BCUT2D eigenvalue weighted by Crippen LogP contribution is 2.35. The largest absolute Gasteiger partial charge is 0.416 e. The Labute approximate surface area is 185 Å². The van der Waals surface area contributed by atoms with Gasteiger partial charge in [0, 0.05) is 23.7 Å². The van der Waals surface area contributed by atoms with Crippen molar-refractivity contribution in [2.24, 2.45) is 0 Å². The number of amides is 1. The van der Waals surface area contributed by atoms with Crippen molar-refractivity contribution in [1.29, 1.82) is 0 Å². The number of thiazole rings is 1. The van der Waals surface area contributed by atoms with E-state index in [4.69, 9.17) is 11.6 Å². The third-order valence-corrected chi connectivity index (χ3v) is 6.08. The summed E-state index contributed by atoms with van der Waals surface area (Å²) in [7, 11) is 0. The molecule has 1 aliphatic rings. The van der Waals surface area contributed by atoms with Crippen molar-refractivity contribution in [3.63, 3.8) is 0 Å². The van der Waals surface area contributed by atoms with Gasteiger partial charge in [-0.05, 0) is 55.8 Å². The highest BCUT2D eigenvalue weighted by molar-refractivity contribution is 7.14. The zero-order valence-corrected chi connectivity index (χ0v) is 17.8. The van der Waals surface area contributed by atoms with Crippen molar-refractivity contribution < 1.29 is 18.0 Å². The molecule has 10 heteroatoms. The number of nitrogens with zero attached hydrogens (tertiary/aromatic N) is 3. The molecule has 1 saturated heterocycles. The highest BCUT2D eigenvalue weighted by Gasteiger charge is 2.30. The minimum Gasteiger partial charge on any atom is -0.298 e. The third kappa shape index (κ3) is 5.23. The molecule has 162 valence electrons. The van der Waals surface area contributed by atoms with E-state index >= 15 is 0 Å². The Morgan fingerprint density at radius 1 is 1.23 bits per heavy atom. The molecule has 4 rings (SSSR count). The van der Waals surface area contributed by atoms with Crippen LogP contribution in [0, 0.1) is 0 Å². The molecule has 3 aromatic rings. The average Bonchev–Trinajstić information content (AvgIpc) is 3.38. The van der Waals surface area contributed by atoms with E-state index in [0.29, 0.717) is 16.7 Å². The monoisotopic (exact) mass is 466 g/mol. The Balaban J connectivity index is 1.41. The fraction of sp³-hybridized carbons (Fsp3) is 0.286. The minimum absolute atomic E-state index is 0.116. The molecule has 31 heavy (non-hydrogen) atoms. The first-order valence-electron chi connectivity index (χ1n) is 9.58. The summed E-state index contributed by atoms with van der Waals surface area (Å²) in [4.78, 5) is 23.6. The lowest BCUT2D eigenvalue weighted by atomic mass is 10.1. The van der Waals surface area contributed by atoms with E-state index in [1.807, 2.05) is 17.5 Å². The van der Waals surface area contributed by atoms with Gasteiger partial charge >= 0.3 is 6.18 Å². The molecule has 5 nitrogen and oxygen atoms in total. The van der Waals surface area contributed by atoms with E-state index in [1.165, 1.54) is 11.3 Å². The number of anilines is 1. The third-order valence-electron chi connectivity index (χ3n) is 5.08. The zero-order valence-electron chi connectivity index (χ0n) is 16.2. The molecule has 0 saturated carbocycles. The van der Waals surface area contributed by atoms with Gasteiger partial charge in [-0.25, -0.2) is 4.98 Å². The van der Waals surface area contributed by atoms with Gasteiger partial charge in [-0.1, -0.05) is 11.6 Å². The van der Waals surface area contributed by atoms with E-state index in [9.17, 15) is 18.0 Å². The van der Waals surface area contributed by atoms with Crippen LogP contribution in [0.5, 0.6) is 0 Å². The van der Waals surface area contributed by atoms with Gasteiger partial charge in [0.25, 0.3) is 5.91 Å². The quantitative estimate of drug-likeness (QED) is 0.516. The summed E-state index contributed by atoms with van der Waals surface area (Å²) in [6, 6.07) is 7.92. The topological polar surface area (TPSA) is 58.1 Å². The number of carbonyl (C=O) groups is 1. The van der Waals surface area contributed by atoms with Crippen LogP contribution in [0.2, 0.25) is 5.02 Å². The molecule has 3 heterocycles. The van der Waals surface area contributed by atoms with Gasteiger partial charge in [-0.3, -0.25) is 20.0 Å². The molecule has 1 atom stereocenters. The van der Waals surface area contributed by atoms with Gasteiger partial charge in [-0.2, -0.15) is 13.2 Å². The van der Waals surface area contributed by atoms with Crippen molar-refractivity contribution in [1.82, 2.24) is 14.9 Å². The summed E-state index contributed by atoms with van der Waals surface area (Å²) in [5.74, 6) is -0.497. The fourth-order valence-corrected chi connectivity index (χ4v) is 4.40. The molecule has 1 aliphatic heterocycles. The molecule has 0 aliphatic carbocycles. The van der Waals surface area contributed by atoms with Gasteiger partial charge in [0.05, 0.1) is 28.0 Å². The predicted molar refractivity (Wildman–Crippen MR) is 113 cm³/mol. The Bertz CT molecular complexity index is 1050. The molecule has 0 spiro atoms. The number of hydrogen-bond acceptors (Lipinski definition) is 5. The molecule has 1 fully saturated rings. The van der Waals surface area contributed by atoms with Crippen LogP contribution in [-0.2, 0) is 12.7 Å². The molecule has 2 aromatic heterocycles. The predicted octanol–water partition coefficient (Wildman–Crippen LogP) is 5.80. The van der Waals surface area contributed by atoms with Crippen molar-refractivity contribution in [3.8, 4) is 0 Å². The Morgan fingerprint density at radius 3 is 2.68 bits per heavy atom. The molecule has 0 bridgehead atoms. The van der Waals surface area contributed by atoms with Crippen molar-refractivity contribution >= 4 is 34.0 Å². The first kappa shape index (κ1) is 21.7. The second-order valence-electron chi connectivity index (χ2n) is 7.20. The summed E-state index contributed by atoms with van der Waals surface area (Å²) < 4.78 is 38.0. The van der Waals surface area contributed by atoms with Crippen molar-refractivity contribution in [2.45, 2.75) is 31.6 Å². The second kappa shape index (κ2) is 8.94. The first-order chi connectivity index (χ1) is 14.8. The van der Waals surface area contributed by atoms with Gasteiger partial charge in [0.1, 0.15) is 0 Å². The molecule has 1 aromatic carbocycles. The Kier molecular flexibility index (Phi) is 6.27. The van der Waals surface area contributed by atoms with E-state index in [1.54, 1.807) is 6.20 Å². The van der Waals surface area contributed by atoms with E-state index in [2.05, 4.69) is 20.2 Å². The molecule has 1 N–H and O–H groups in total. The second-order valence-corrected chi connectivity index (χ2v) is 8.50. The lowest BCUT2D eigenvalue weighted by Gasteiger charge is -2.22. The maximum Gasteiger partial charge on any atom is 0.416 e. The number of rotatable bonds is 5. The molecule has 1 amide bonds. The molecular formula is C21H18ClF3N4OS. The SMILES string of the molecule is O=C(Nc1nc(C2CCCN2Cc2ccc(Cl)cn2)cs1)c1ccc(C(F)(F)F)cc1. The van der Waals surface area contributed by atoms with Crippen LogP contribution in [0.25, 0.3) is 0 Å². The van der Waals surface area contributed by atoms with Gasteiger partial charge in [0.2, 0.25) is 0 Å². The normalized spacial score (nSPS) is 17.1. The summed E-state index contributed by atoms with van der Waals surface area (Å²) in [5, 5.41) is 5.58. The number of likely N-dealkylation sites (tertiary alicyclic amines) is 1. The number of pyridine rings is 1. The van der Waals surface area contributed by atoms with E-state index < -0.39 is 17.6 Å². The number of hydrogen-bond donors (Lipinski definition) is 1. The fourth-order valence-electron chi connectivity index (χ4n) is 3.53. The van der Waals surface area contributed by atoms with Crippen LogP contribution in [0.4, 0.5) is 18.3 Å². The van der Waals surface area contributed by atoms with Gasteiger partial charge in [0.15, 0.2) is 5.13 Å². The first-order valence-corrected chi connectivity index (χ1v) is 10.8. The number of nitrogens with one attached hydrogen (secondary N) is 1. The lowest BCUT2D eigenvalue weighted by molar-refractivity contribution is -0.137. The summed E-state index contributed by atoms with van der Waals surface area (Å²) in [5.41, 5.74) is 1.12. The van der Waals surface area contributed by atoms with Crippen LogP contribution in [0.1, 0.15) is 46.2 Å². The van der Waals surface area contributed by atoms with Crippen LogP contribution < -0.4 is 5.32 Å². The Hall–Kier alpha value is -2.49.